The molecule has 1 aromatic heterocycles. The zero-order valence-corrected chi connectivity index (χ0v) is 18.1. The van der Waals surface area contributed by atoms with Crippen molar-refractivity contribution in [2.24, 2.45) is 0 Å². The van der Waals surface area contributed by atoms with Gasteiger partial charge in [-0.05, 0) is 30.8 Å². The van der Waals surface area contributed by atoms with Crippen LogP contribution >= 0.6 is 11.6 Å². The van der Waals surface area contributed by atoms with Crippen LogP contribution in [0.2, 0.25) is 5.02 Å². The zero-order chi connectivity index (χ0) is 21.7. The van der Waals surface area contributed by atoms with Crippen LogP contribution < -0.4 is 10.1 Å². The molecule has 3 rings (SSSR count). The van der Waals surface area contributed by atoms with Gasteiger partial charge in [0.25, 0.3) is 0 Å². The molecule has 0 amide bonds. The summed E-state index contributed by atoms with van der Waals surface area (Å²) in [5.74, 6) is 0.915. The minimum atomic E-state index is -0.317. The van der Waals surface area contributed by atoms with Gasteiger partial charge in [0.2, 0.25) is 0 Å². The van der Waals surface area contributed by atoms with E-state index in [-0.39, 0.29) is 12.0 Å². The third kappa shape index (κ3) is 5.09. The van der Waals surface area contributed by atoms with Gasteiger partial charge in [-0.15, -0.1) is 0 Å². The molecule has 2 N–H and O–H groups in total. The van der Waals surface area contributed by atoms with Crippen LogP contribution in [0, 0.1) is 0 Å². The van der Waals surface area contributed by atoms with Crippen molar-refractivity contribution in [3.8, 4) is 11.5 Å². The Bertz CT molecular complexity index is 1010. The number of anilines is 2. The highest BCUT2D eigenvalue weighted by Gasteiger charge is 2.14. The smallest absolute Gasteiger partial charge is 0.169 e. The number of phenols is 1. The third-order valence-corrected chi connectivity index (χ3v) is 4.92. The Morgan fingerprint density at radius 2 is 1.90 bits per heavy atom. The Labute approximate surface area is 180 Å². The van der Waals surface area contributed by atoms with Crippen molar-refractivity contribution >= 4 is 34.0 Å². The number of hydrogen-bond donors (Lipinski definition) is 2. The van der Waals surface area contributed by atoms with E-state index in [0.717, 1.165) is 11.3 Å². The van der Waals surface area contributed by atoms with Crippen molar-refractivity contribution in [3.05, 3.63) is 47.2 Å². The number of aromatic nitrogens is 2. The van der Waals surface area contributed by atoms with Crippen LogP contribution in [0.1, 0.15) is 5.56 Å². The Morgan fingerprint density at radius 1 is 1.13 bits per heavy atom. The second kappa shape index (κ2) is 9.90. The maximum Gasteiger partial charge on any atom is 0.169 e. The van der Waals surface area contributed by atoms with Gasteiger partial charge in [0.15, 0.2) is 17.8 Å². The van der Waals surface area contributed by atoms with E-state index in [2.05, 4.69) is 20.2 Å². The highest BCUT2D eigenvalue weighted by Crippen LogP contribution is 2.34. The Hall–Kier alpha value is -2.65. The number of rotatable bonds is 9. The van der Waals surface area contributed by atoms with Crippen molar-refractivity contribution in [2.75, 3.05) is 40.2 Å². The molecule has 1 heterocycles. The summed E-state index contributed by atoms with van der Waals surface area (Å²) < 4.78 is 15.7. The SMILES string of the molecule is COc1cc2ncnc(Nc3cc(Cl)ccc3CN(C)CC(OC)OC)c2cc1O. The molecule has 0 unspecified atom stereocenters. The number of ether oxygens (including phenoxy) is 3. The van der Waals surface area contributed by atoms with Crippen molar-refractivity contribution in [3.63, 3.8) is 0 Å². The largest absolute Gasteiger partial charge is 0.504 e. The predicted molar refractivity (Wildman–Crippen MR) is 117 cm³/mol. The van der Waals surface area contributed by atoms with Gasteiger partial charge in [-0.25, -0.2) is 9.97 Å². The molecule has 0 fully saturated rings. The summed E-state index contributed by atoms with van der Waals surface area (Å²) in [5, 5.41) is 14.8. The van der Waals surface area contributed by atoms with Crippen molar-refractivity contribution in [1.29, 1.82) is 0 Å². The lowest BCUT2D eigenvalue weighted by Crippen LogP contribution is -2.31. The molecular weight excluding hydrogens is 408 g/mol. The summed E-state index contributed by atoms with van der Waals surface area (Å²) in [5.41, 5.74) is 2.46. The number of halogens is 1. The number of fused-ring (bicyclic) bond motifs is 1. The lowest BCUT2D eigenvalue weighted by atomic mass is 10.1. The molecule has 8 nitrogen and oxygen atoms in total. The molecule has 0 aliphatic carbocycles. The third-order valence-electron chi connectivity index (χ3n) is 4.69. The first-order valence-electron chi connectivity index (χ1n) is 9.26. The van der Waals surface area contributed by atoms with Crippen molar-refractivity contribution in [2.45, 2.75) is 12.8 Å². The molecule has 2 aromatic carbocycles. The van der Waals surface area contributed by atoms with Gasteiger partial charge < -0.3 is 24.6 Å². The fourth-order valence-corrected chi connectivity index (χ4v) is 3.29. The maximum atomic E-state index is 10.2. The number of nitrogens with zero attached hydrogens (tertiary/aromatic N) is 3. The summed E-state index contributed by atoms with van der Waals surface area (Å²) in [6.07, 6.45) is 1.14. The number of benzene rings is 2. The minimum Gasteiger partial charge on any atom is -0.504 e. The highest BCUT2D eigenvalue weighted by molar-refractivity contribution is 6.30. The fourth-order valence-electron chi connectivity index (χ4n) is 3.12. The van der Waals surface area contributed by atoms with Crippen LogP contribution in [0.15, 0.2) is 36.7 Å². The molecule has 0 aliphatic rings. The topological polar surface area (TPSA) is 89.0 Å². The van der Waals surface area contributed by atoms with Gasteiger partial charge in [-0.2, -0.15) is 0 Å². The van der Waals surface area contributed by atoms with Crippen LogP contribution in [-0.4, -0.2) is 61.2 Å². The average molecular weight is 433 g/mol. The summed E-state index contributed by atoms with van der Waals surface area (Å²) in [4.78, 5) is 10.7. The van der Waals surface area contributed by atoms with E-state index in [1.807, 2.05) is 25.2 Å². The van der Waals surface area contributed by atoms with Crippen molar-refractivity contribution < 1.29 is 19.3 Å². The first-order chi connectivity index (χ1) is 14.4. The molecule has 0 bridgehead atoms. The van der Waals surface area contributed by atoms with E-state index in [4.69, 9.17) is 25.8 Å². The lowest BCUT2D eigenvalue weighted by molar-refractivity contribution is -0.114. The normalized spacial score (nSPS) is 11.4. The van der Waals surface area contributed by atoms with Crippen LogP contribution in [-0.2, 0) is 16.0 Å². The monoisotopic (exact) mass is 432 g/mol. The Balaban J connectivity index is 1.91. The van der Waals surface area contributed by atoms with E-state index < -0.39 is 0 Å². The van der Waals surface area contributed by atoms with Gasteiger partial charge in [0, 0.05) is 49.5 Å². The number of phenolic OH excluding ortho intramolecular Hbond substituents is 1. The predicted octanol–water partition coefficient (Wildman–Crippen LogP) is 3.79. The number of likely N-dealkylation sites (N-methyl/N-ethyl adjacent to an activating group) is 1. The molecule has 3 aromatic rings. The summed E-state index contributed by atoms with van der Waals surface area (Å²) in [6, 6.07) is 8.88. The quantitative estimate of drug-likeness (QED) is 0.494. The molecule has 0 radical (unpaired) electrons. The standard InChI is InChI=1S/C21H25ClN4O4/c1-26(11-20(29-3)30-4)10-13-5-6-14(22)7-16(13)25-21-15-8-18(27)19(28-2)9-17(15)23-12-24-21/h5-9,12,20,27H,10-11H2,1-4H3,(H,23,24,25). The highest BCUT2D eigenvalue weighted by atomic mass is 35.5. The second-order valence-corrected chi connectivity index (χ2v) is 7.22. The summed E-state index contributed by atoms with van der Waals surface area (Å²) in [7, 11) is 6.70. The number of hydrogen-bond acceptors (Lipinski definition) is 8. The van der Waals surface area contributed by atoms with Gasteiger partial charge in [-0.3, -0.25) is 4.90 Å². The molecule has 9 heteroatoms. The molecule has 0 spiro atoms. The molecule has 30 heavy (non-hydrogen) atoms. The van der Waals surface area contributed by atoms with E-state index in [1.165, 1.54) is 13.4 Å². The molecule has 0 aliphatic heterocycles. The molecular formula is C21H25ClN4O4. The fraction of sp³-hybridized carbons (Fsp3) is 0.333. The van der Waals surface area contributed by atoms with E-state index in [1.54, 1.807) is 26.4 Å². The Kier molecular flexibility index (Phi) is 7.28. The molecule has 0 saturated heterocycles. The number of methoxy groups -OCH3 is 3. The molecule has 0 atom stereocenters. The zero-order valence-electron chi connectivity index (χ0n) is 17.3. The Morgan fingerprint density at radius 3 is 2.60 bits per heavy atom. The van der Waals surface area contributed by atoms with Gasteiger partial charge in [-0.1, -0.05) is 17.7 Å². The number of aromatic hydroxyl groups is 1. The first-order valence-corrected chi connectivity index (χ1v) is 9.64. The molecule has 0 saturated carbocycles. The van der Waals surface area contributed by atoms with Gasteiger partial charge in [0.05, 0.1) is 12.6 Å². The minimum absolute atomic E-state index is 0.0130. The van der Waals surface area contributed by atoms with E-state index >= 15 is 0 Å². The van der Waals surface area contributed by atoms with Crippen LogP contribution in [0.25, 0.3) is 10.9 Å². The van der Waals surface area contributed by atoms with Crippen LogP contribution in [0.3, 0.4) is 0 Å². The van der Waals surface area contributed by atoms with Gasteiger partial charge in [0.1, 0.15) is 12.1 Å². The van der Waals surface area contributed by atoms with Gasteiger partial charge >= 0.3 is 0 Å². The van der Waals surface area contributed by atoms with E-state index in [9.17, 15) is 5.11 Å². The summed E-state index contributed by atoms with van der Waals surface area (Å²) >= 11 is 6.25. The van der Waals surface area contributed by atoms with E-state index in [0.29, 0.717) is 40.6 Å². The molecule has 160 valence electrons. The number of nitrogens with one attached hydrogen (secondary N) is 1. The average Bonchev–Trinajstić information content (AvgIpc) is 2.74. The van der Waals surface area contributed by atoms with Crippen LogP contribution in [0.5, 0.6) is 11.5 Å². The lowest BCUT2D eigenvalue weighted by Gasteiger charge is -2.23. The van der Waals surface area contributed by atoms with Crippen LogP contribution in [0.4, 0.5) is 11.5 Å². The second-order valence-electron chi connectivity index (χ2n) is 6.79. The summed E-state index contributed by atoms with van der Waals surface area (Å²) in [6.45, 7) is 1.23. The first kappa shape index (κ1) is 22.0. The van der Waals surface area contributed by atoms with Crippen molar-refractivity contribution in [1.82, 2.24) is 14.9 Å². The maximum absolute atomic E-state index is 10.2.